The molecule has 0 bridgehead atoms. The van der Waals surface area contributed by atoms with Gasteiger partial charge in [0.05, 0.1) is 17.7 Å². The highest BCUT2D eigenvalue weighted by molar-refractivity contribution is 6.46. The number of ether oxygens (including phenoxy) is 2. The van der Waals surface area contributed by atoms with E-state index in [1.165, 1.54) is 4.90 Å². The van der Waals surface area contributed by atoms with Gasteiger partial charge in [-0.25, -0.2) is 0 Å². The summed E-state index contributed by atoms with van der Waals surface area (Å²) in [5.74, 6) is -0.869. The lowest BCUT2D eigenvalue weighted by atomic mass is 9.94. The Hall–Kier alpha value is -3.38. The van der Waals surface area contributed by atoms with Crippen LogP contribution in [0, 0.1) is 6.92 Å². The molecule has 1 amide bonds. The van der Waals surface area contributed by atoms with Crippen LogP contribution >= 0.6 is 0 Å². The molecule has 32 heavy (non-hydrogen) atoms. The SMILES string of the molecule is C=CCOc1ccc(/C(O)=C2/C(=O)C(=O)N(CC3CCCO3)C2c2ccc(C)cc2)cc1. The minimum Gasteiger partial charge on any atom is -0.507 e. The van der Waals surface area contributed by atoms with Crippen LogP contribution in [0.2, 0.25) is 0 Å². The largest absolute Gasteiger partial charge is 0.507 e. The molecule has 0 aromatic heterocycles. The van der Waals surface area contributed by atoms with Crippen molar-refractivity contribution < 1.29 is 24.2 Å². The minimum atomic E-state index is -0.682. The molecule has 2 aromatic rings. The molecule has 6 heteroatoms. The van der Waals surface area contributed by atoms with Gasteiger partial charge in [-0.3, -0.25) is 9.59 Å². The number of likely N-dealkylation sites (tertiary alicyclic amines) is 1. The van der Waals surface area contributed by atoms with Gasteiger partial charge in [0.25, 0.3) is 11.7 Å². The van der Waals surface area contributed by atoms with Gasteiger partial charge in [-0.05, 0) is 49.6 Å². The molecule has 2 fully saturated rings. The van der Waals surface area contributed by atoms with E-state index in [1.807, 2.05) is 31.2 Å². The highest BCUT2D eigenvalue weighted by Crippen LogP contribution is 2.40. The Labute approximate surface area is 187 Å². The molecular formula is C26H27NO5. The summed E-state index contributed by atoms with van der Waals surface area (Å²) in [7, 11) is 0. The maximum absolute atomic E-state index is 13.1. The molecule has 2 aromatic carbocycles. The number of hydrogen-bond donors (Lipinski definition) is 1. The fraction of sp³-hybridized carbons (Fsp3) is 0.308. The molecule has 0 saturated carbocycles. The highest BCUT2D eigenvalue weighted by Gasteiger charge is 2.47. The van der Waals surface area contributed by atoms with Crippen molar-refractivity contribution in [3.63, 3.8) is 0 Å². The quantitative estimate of drug-likeness (QED) is 0.307. The third-order valence-electron chi connectivity index (χ3n) is 5.85. The number of aliphatic hydroxyl groups excluding tert-OH is 1. The van der Waals surface area contributed by atoms with E-state index in [-0.39, 0.29) is 17.4 Å². The Morgan fingerprint density at radius 3 is 2.53 bits per heavy atom. The van der Waals surface area contributed by atoms with Crippen molar-refractivity contribution in [3.05, 3.63) is 83.4 Å². The average molecular weight is 434 g/mol. The van der Waals surface area contributed by atoms with Crippen LogP contribution in [0.25, 0.3) is 5.76 Å². The van der Waals surface area contributed by atoms with Crippen LogP contribution in [-0.2, 0) is 14.3 Å². The maximum atomic E-state index is 13.1. The number of nitrogens with zero attached hydrogens (tertiary/aromatic N) is 1. The number of hydrogen-bond acceptors (Lipinski definition) is 5. The Balaban J connectivity index is 1.74. The maximum Gasteiger partial charge on any atom is 0.295 e. The number of amides is 1. The predicted octanol–water partition coefficient (Wildman–Crippen LogP) is 4.16. The molecule has 2 saturated heterocycles. The lowest BCUT2D eigenvalue weighted by molar-refractivity contribution is -0.140. The van der Waals surface area contributed by atoms with Gasteiger partial charge < -0.3 is 19.5 Å². The summed E-state index contributed by atoms with van der Waals surface area (Å²) >= 11 is 0. The van der Waals surface area contributed by atoms with Gasteiger partial charge in [0.2, 0.25) is 0 Å². The molecule has 2 aliphatic rings. The summed E-state index contributed by atoms with van der Waals surface area (Å²) in [6.07, 6.45) is 3.31. The van der Waals surface area contributed by atoms with E-state index in [0.717, 1.165) is 24.0 Å². The Bertz CT molecular complexity index is 1030. The van der Waals surface area contributed by atoms with E-state index in [0.29, 0.717) is 31.1 Å². The van der Waals surface area contributed by atoms with Crippen molar-refractivity contribution >= 4 is 17.4 Å². The van der Waals surface area contributed by atoms with Crippen LogP contribution < -0.4 is 4.74 Å². The first kappa shape index (κ1) is 21.8. The van der Waals surface area contributed by atoms with E-state index in [4.69, 9.17) is 9.47 Å². The van der Waals surface area contributed by atoms with Gasteiger partial charge in [0, 0.05) is 18.7 Å². The van der Waals surface area contributed by atoms with Gasteiger partial charge in [0.15, 0.2) is 0 Å². The summed E-state index contributed by atoms with van der Waals surface area (Å²) in [6.45, 7) is 6.93. The first-order valence-corrected chi connectivity index (χ1v) is 10.8. The van der Waals surface area contributed by atoms with Crippen LogP contribution in [0.3, 0.4) is 0 Å². The molecule has 1 N–H and O–H groups in total. The Kier molecular flexibility index (Phi) is 6.42. The lowest BCUT2D eigenvalue weighted by Crippen LogP contribution is -2.36. The average Bonchev–Trinajstić information content (AvgIpc) is 3.41. The fourth-order valence-corrected chi connectivity index (χ4v) is 4.19. The number of carbonyl (C=O) groups is 2. The van der Waals surface area contributed by atoms with Gasteiger partial charge in [-0.2, -0.15) is 0 Å². The Morgan fingerprint density at radius 2 is 1.91 bits per heavy atom. The van der Waals surface area contributed by atoms with Crippen LogP contribution in [0.15, 0.2) is 66.8 Å². The van der Waals surface area contributed by atoms with Crippen molar-refractivity contribution in [3.8, 4) is 5.75 Å². The summed E-state index contributed by atoms with van der Waals surface area (Å²) < 4.78 is 11.2. The van der Waals surface area contributed by atoms with Crippen molar-refractivity contribution in [2.45, 2.75) is 31.9 Å². The number of aryl methyl sites for hydroxylation is 1. The first-order chi connectivity index (χ1) is 15.5. The van der Waals surface area contributed by atoms with Crippen molar-refractivity contribution in [2.75, 3.05) is 19.8 Å². The third kappa shape index (κ3) is 4.32. The lowest BCUT2D eigenvalue weighted by Gasteiger charge is -2.27. The molecule has 4 rings (SSSR count). The molecule has 0 radical (unpaired) electrons. The zero-order valence-electron chi connectivity index (χ0n) is 18.1. The molecule has 166 valence electrons. The van der Waals surface area contributed by atoms with Crippen molar-refractivity contribution in [2.24, 2.45) is 0 Å². The molecule has 0 spiro atoms. The second kappa shape index (κ2) is 9.40. The second-order valence-corrected chi connectivity index (χ2v) is 8.12. The molecule has 2 heterocycles. The first-order valence-electron chi connectivity index (χ1n) is 10.8. The number of carbonyl (C=O) groups excluding carboxylic acids is 2. The van der Waals surface area contributed by atoms with Crippen LogP contribution in [0.1, 0.15) is 35.6 Å². The Morgan fingerprint density at radius 1 is 1.19 bits per heavy atom. The van der Waals surface area contributed by atoms with E-state index in [2.05, 4.69) is 6.58 Å². The monoisotopic (exact) mass is 433 g/mol. The highest BCUT2D eigenvalue weighted by atomic mass is 16.5. The van der Waals surface area contributed by atoms with Gasteiger partial charge in [-0.1, -0.05) is 42.5 Å². The fourth-order valence-electron chi connectivity index (χ4n) is 4.19. The summed E-state index contributed by atoms with van der Waals surface area (Å²) in [5.41, 5.74) is 2.39. The summed E-state index contributed by atoms with van der Waals surface area (Å²) in [5, 5.41) is 11.1. The van der Waals surface area contributed by atoms with Crippen molar-refractivity contribution in [1.29, 1.82) is 0 Å². The normalized spacial score (nSPS) is 22.3. The number of aliphatic hydroxyl groups is 1. The molecule has 0 aliphatic carbocycles. The standard InChI is InChI=1S/C26H27NO5/c1-3-14-31-20-12-10-19(11-13-20)24(28)22-23(18-8-6-17(2)7-9-18)27(26(30)25(22)29)16-21-5-4-15-32-21/h3,6-13,21,23,28H,1,4-5,14-16H2,2H3/b24-22-. The van der Waals surface area contributed by atoms with E-state index in [9.17, 15) is 14.7 Å². The summed E-state index contributed by atoms with van der Waals surface area (Å²) in [4.78, 5) is 27.6. The zero-order chi connectivity index (χ0) is 22.7. The van der Waals surface area contributed by atoms with Gasteiger partial charge in [-0.15, -0.1) is 0 Å². The minimum absolute atomic E-state index is 0.0941. The van der Waals surface area contributed by atoms with Crippen LogP contribution in [0.4, 0.5) is 0 Å². The molecular weight excluding hydrogens is 406 g/mol. The molecule has 2 aliphatic heterocycles. The number of ketones is 1. The van der Waals surface area contributed by atoms with E-state index < -0.39 is 17.7 Å². The molecule has 2 unspecified atom stereocenters. The topological polar surface area (TPSA) is 76.1 Å². The second-order valence-electron chi connectivity index (χ2n) is 8.12. The van der Waals surface area contributed by atoms with Crippen molar-refractivity contribution in [1.82, 2.24) is 4.90 Å². The smallest absolute Gasteiger partial charge is 0.295 e. The van der Waals surface area contributed by atoms with Crippen LogP contribution in [-0.4, -0.2) is 47.6 Å². The number of benzene rings is 2. The number of rotatable bonds is 7. The summed E-state index contributed by atoms with van der Waals surface area (Å²) in [6, 6.07) is 13.8. The zero-order valence-corrected chi connectivity index (χ0v) is 18.1. The van der Waals surface area contributed by atoms with Gasteiger partial charge >= 0.3 is 0 Å². The molecule has 2 atom stereocenters. The number of Topliss-reactive ketones (excluding diaryl/α,β-unsaturated/α-hetero) is 1. The van der Waals surface area contributed by atoms with Gasteiger partial charge in [0.1, 0.15) is 18.1 Å². The van der Waals surface area contributed by atoms with E-state index in [1.54, 1.807) is 30.3 Å². The van der Waals surface area contributed by atoms with E-state index >= 15 is 0 Å². The third-order valence-corrected chi connectivity index (χ3v) is 5.85. The molecule has 6 nitrogen and oxygen atoms in total. The predicted molar refractivity (Wildman–Crippen MR) is 121 cm³/mol. The van der Waals surface area contributed by atoms with Crippen LogP contribution in [0.5, 0.6) is 5.75 Å².